The maximum Gasteiger partial charge on any atom is 0.311 e. The third-order valence-electron chi connectivity index (χ3n) is 2.30. The molecule has 0 unspecified atom stereocenters. The van der Waals surface area contributed by atoms with Crippen LogP contribution in [-0.4, -0.2) is 17.6 Å². The molecule has 3 heteroatoms. The van der Waals surface area contributed by atoms with Crippen molar-refractivity contribution in [2.75, 3.05) is 0 Å². The van der Waals surface area contributed by atoms with Crippen molar-refractivity contribution in [1.82, 2.24) is 0 Å². The third-order valence-corrected chi connectivity index (χ3v) is 2.30. The molecule has 2 N–H and O–H groups in total. The Kier molecular flexibility index (Phi) is 5.88. The number of ether oxygens (including phenoxy) is 1. The quantitative estimate of drug-likeness (QED) is 0.717. The van der Waals surface area contributed by atoms with E-state index in [0.717, 1.165) is 19.3 Å². The molecule has 0 aromatic heterocycles. The van der Waals surface area contributed by atoms with Gasteiger partial charge in [0.1, 0.15) is 5.60 Å². The van der Waals surface area contributed by atoms with Crippen LogP contribution in [0.4, 0.5) is 0 Å². The summed E-state index contributed by atoms with van der Waals surface area (Å²) in [5.74, 6) is -0.307. The van der Waals surface area contributed by atoms with E-state index in [1.165, 1.54) is 0 Å². The minimum atomic E-state index is -0.420. The van der Waals surface area contributed by atoms with Gasteiger partial charge in [0, 0.05) is 6.04 Å². The smallest absolute Gasteiger partial charge is 0.311 e. The van der Waals surface area contributed by atoms with Crippen LogP contribution in [0.15, 0.2) is 0 Å². The molecule has 0 rings (SSSR count). The highest BCUT2D eigenvalue weighted by Crippen LogP contribution is 2.18. The number of carbonyl (C=O) groups excluding carboxylic acids is 1. The van der Waals surface area contributed by atoms with E-state index in [-0.39, 0.29) is 17.9 Å². The number of hydrogen-bond donors (Lipinski definition) is 1. The highest BCUT2D eigenvalue weighted by Gasteiger charge is 2.28. The van der Waals surface area contributed by atoms with Gasteiger partial charge in [-0.3, -0.25) is 4.79 Å². The molecule has 2 atom stereocenters. The molecule has 3 nitrogen and oxygen atoms in total. The van der Waals surface area contributed by atoms with Crippen LogP contribution >= 0.6 is 0 Å². The molecule has 0 amide bonds. The fourth-order valence-corrected chi connectivity index (χ4v) is 1.48. The summed E-state index contributed by atoms with van der Waals surface area (Å²) in [6.45, 7) is 9.69. The number of esters is 1. The van der Waals surface area contributed by atoms with Gasteiger partial charge < -0.3 is 10.5 Å². The van der Waals surface area contributed by atoms with Crippen molar-refractivity contribution in [3.63, 3.8) is 0 Å². The normalized spacial score (nSPS) is 15.9. The minimum absolute atomic E-state index is 0.0835. The molecule has 0 aromatic carbocycles. The van der Waals surface area contributed by atoms with Crippen molar-refractivity contribution in [2.45, 2.75) is 65.5 Å². The molecule has 0 bridgehead atoms. The molecule has 0 aromatic rings. The maximum atomic E-state index is 11.8. The molecule has 0 aliphatic heterocycles. The summed E-state index contributed by atoms with van der Waals surface area (Å²) >= 11 is 0. The molecule has 15 heavy (non-hydrogen) atoms. The van der Waals surface area contributed by atoms with Crippen molar-refractivity contribution in [3.05, 3.63) is 0 Å². The van der Waals surface area contributed by atoms with Crippen molar-refractivity contribution < 1.29 is 9.53 Å². The summed E-state index contributed by atoms with van der Waals surface area (Å²) in [7, 11) is 0. The molecule has 0 aliphatic rings. The second-order valence-electron chi connectivity index (χ2n) is 5.00. The molecule has 90 valence electrons. The molecule has 0 heterocycles. The molecule has 0 saturated carbocycles. The van der Waals surface area contributed by atoms with Gasteiger partial charge in [0.15, 0.2) is 0 Å². The first-order chi connectivity index (χ1) is 6.81. The van der Waals surface area contributed by atoms with Gasteiger partial charge >= 0.3 is 5.97 Å². The standard InChI is InChI=1S/C12H25NO2/c1-6-8-9(10(13)7-2)11(14)15-12(3,4)5/h9-10H,6-8,13H2,1-5H3/t9-,10-/m0/s1. The Bertz CT molecular complexity index is 196. The van der Waals surface area contributed by atoms with Crippen molar-refractivity contribution in [3.8, 4) is 0 Å². The Balaban J connectivity index is 4.42. The Morgan fingerprint density at radius 3 is 2.20 bits per heavy atom. The van der Waals surface area contributed by atoms with E-state index in [0.29, 0.717) is 0 Å². The summed E-state index contributed by atoms with van der Waals surface area (Å²) in [5.41, 5.74) is 5.50. The van der Waals surface area contributed by atoms with Gasteiger partial charge in [-0.1, -0.05) is 20.3 Å². The van der Waals surface area contributed by atoms with E-state index in [4.69, 9.17) is 10.5 Å². The van der Waals surface area contributed by atoms with Crippen LogP contribution in [0.1, 0.15) is 53.9 Å². The van der Waals surface area contributed by atoms with Crippen LogP contribution in [0.5, 0.6) is 0 Å². The van der Waals surface area contributed by atoms with Crippen LogP contribution in [0.3, 0.4) is 0 Å². The molecule has 0 radical (unpaired) electrons. The zero-order valence-electron chi connectivity index (χ0n) is 10.7. The first kappa shape index (κ1) is 14.4. The first-order valence-electron chi connectivity index (χ1n) is 5.80. The fraction of sp³-hybridized carbons (Fsp3) is 0.917. The van der Waals surface area contributed by atoms with E-state index in [1.807, 2.05) is 27.7 Å². The monoisotopic (exact) mass is 215 g/mol. The number of hydrogen-bond acceptors (Lipinski definition) is 3. The Morgan fingerprint density at radius 2 is 1.87 bits per heavy atom. The van der Waals surface area contributed by atoms with E-state index in [9.17, 15) is 4.79 Å². The van der Waals surface area contributed by atoms with E-state index in [1.54, 1.807) is 0 Å². The van der Waals surface area contributed by atoms with Gasteiger partial charge in [0.05, 0.1) is 5.92 Å². The zero-order valence-corrected chi connectivity index (χ0v) is 10.7. The largest absolute Gasteiger partial charge is 0.460 e. The lowest BCUT2D eigenvalue weighted by Crippen LogP contribution is -2.39. The average molecular weight is 215 g/mol. The lowest BCUT2D eigenvalue weighted by molar-refractivity contribution is -0.161. The molecular weight excluding hydrogens is 190 g/mol. The predicted octanol–water partition coefficient (Wildman–Crippen LogP) is 2.48. The minimum Gasteiger partial charge on any atom is -0.460 e. The van der Waals surface area contributed by atoms with Gasteiger partial charge in [-0.2, -0.15) is 0 Å². The molecule has 0 saturated heterocycles. The Labute approximate surface area is 93.4 Å². The Hall–Kier alpha value is -0.570. The molecule has 0 spiro atoms. The van der Waals surface area contributed by atoms with E-state index < -0.39 is 5.60 Å². The number of carbonyl (C=O) groups is 1. The second kappa shape index (κ2) is 6.11. The lowest BCUT2D eigenvalue weighted by atomic mass is 9.93. The van der Waals surface area contributed by atoms with Crippen LogP contribution in [0.2, 0.25) is 0 Å². The zero-order chi connectivity index (χ0) is 12.1. The fourth-order valence-electron chi connectivity index (χ4n) is 1.48. The summed E-state index contributed by atoms with van der Waals surface area (Å²) in [5, 5.41) is 0. The molecule has 0 fully saturated rings. The van der Waals surface area contributed by atoms with Gasteiger partial charge in [-0.05, 0) is 33.6 Å². The van der Waals surface area contributed by atoms with Gasteiger partial charge in [0.2, 0.25) is 0 Å². The molecular formula is C12H25NO2. The van der Waals surface area contributed by atoms with Crippen molar-refractivity contribution in [1.29, 1.82) is 0 Å². The van der Waals surface area contributed by atoms with Crippen LogP contribution in [-0.2, 0) is 9.53 Å². The number of nitrogens with two attached hydrogens (primary N) is 1. The average Bonchev–Trinajstić information content (AvgIpc) is 2.10. The highest BCUT2D eigenvalue weighted by atomic mass is 16.6. The summed E-state index contributed by atoms with van der Waals surface area (Å²) in [6.07, 6.45) is 2.57. The lowest BCUT2D eigenvalue weighted by Gasteiger charge is -2.26. The predicted molar refractivity (Wildman–Crippen MR) is 62.5 cm³/mol. The third kappa shape index (κ3) is 5.78. The first-order valence-corrected chi connectivity index (χ1v) is 5.80. The van der Waals surface area contributed by atoms with Crippen molar-refractivity contribution in [2.24, 2.45) is 11.7 Å². The van der Waals surface area contributed by atoms with Crippen LogP contribution in [0, 0.1) is 5.92 Å². The van der Waals surface area contributed by atoms with Gasteiger partial charge in [-0.15, -0.1) is 0 Å². The van der Waals surface area contributed by atoms with E-state index in [2.05, 4.69) is 6.92 Å². The van der Waals surface area contributed by atoms with Crippen LogP contribution < -0.4 is 5.73 Å². The number of rotatable bonds is 5. The van der Waals surface area contributed by atoms with Crippen molar-refractivity contribution >= 4 is 5.97 Å². The topological polar surface area (TPSA) is 52.3 Å². The SMILES string of the molecule is CCC[C@H](C(=O)OC(C)(C)C)[C@@H](N)CC. The second-order valence-corrected chi connectivity index (χ2v) is 5.00. The maximum absolute atomic E-state index is 11.8. The van der Waals surface area contributed by atoms with Gasteiger partial charge in [0.25, 0.3) is 0 Å². The van der Waals surface area contributed by atoms with Gasteiger partial charge in [-0.25, -0.2) is 0 Å². The Morgan fingerprint density at radius 1 is 1.33 bits per heavy atom. The summed E-state index contributed by atoms with van der Waals surface area (Å²) in [4.78, 5) is 11.8. The van der Waals surface area contributed by atoms with Crippen LogP contribution in [0.25, 0.3) is 0 Å². The van der Waals surface area contributed by atoms with E-state index >= 15 is 0 Å². The molecule has 0 aliphatic carbocycles. The summed E-state index contributed by atoms with van der Waals surface area (Å²) in [6, 6.07) is -0.0835. The highest BCUT2D eigenvalue weighted by molar-refractivity contribution is 5.73. The summed E-state index contributed by atoms with van der Waals surface area (Å²) < 4.78 is 5.36.